The fourth-order valence-corrected chi connectivity index (χ4v) is 5.92. The van der Waals surface area contributed by atoms with Gasteiger partial charge in [0.15, 0.2) is 0 Å². The molecule has 1 saturated heterocycles. The molecule has 3 nitrogen and oxygen atoms in total. The topological polar surface area (TPSA) is 32.3 Å². The molecule has 4 bridgehead atoms. The highest BCUT2D eigenvalue weighted by atomic mass is 16.2. The Kier molecular flexibility index (Phi) is 2.57. The Morgan fingerprint density at radius 2 is 1.84 bits per heavy atom. The van der Waals surface area contributed by atoms with Gasteiger partial charge in [0.1, 0.15) is 0 Å². The van der Waals surface area contributed by atoms with Crippen LogP contribution in [0.15, 0.2) is 12.7 Å². The van der Waals surface area contributed by atoms with Gasteiger partial charge in [0.2, 0.25) is 5.91 Å². The second kappa shape index (κ2) is 4.08. The number of carbonyl (C=O) groups excluding carboxylic acids is 1. The van der Waals surface area contributed by atoms with E-state index in [1.807, 2.05) is 6.08 Å². The number of nitrogens with one attached hydrogen (secondary N) is 1. The van der Waals surface area contributed by atoms with E-state index in [9.17, 15) is 4.79 Å². The molecule has 0 radical (unpaired) electrons. The average molecular weight is 260 g/mol. The lowest BCUT2D eigenvalue weighted by molar-refractivity contribution is -0.169. The van der Waals surface area contributed by atoms with E-state index in [-0.39, 0.29) is 5.54 Å². The molecule has 1 N–H and O–H groups in total. The third kappa shape index (κ3) is 1.51. The van der Waals surface area contributed by atoms with Gasteiger partial charge in [-0.1, -0.05) is 6.08 Å². The molecule has 5 fully saturated rings. The number of carbonyl (C=O) groups is 1. The summed E-state index contributed by atoms with van der Waals surface area (Å²) in [6.45, 7) is 6.14. The summed E-state index contributed by atoms with van der Waals surface area (Å²) in [4.78, 5) is 14.6. The van der Waals surface area contributed by atoms with E-state index in [4.69, 9.17) is 0 Å². The highest BCUT2D eigenvalue weighted by molar-refractivity contribution is 5.80. The van der Waals surface area contributed by atoms with E-state index in [0.29, 0.717) is 12.5 Å². The van der Waals surface area contributed by atoms with Gasteiger partial charge in [0.05, 0.1) is 12.1 Å². The SMILES string of the molecule is C=CCN1C(=O)CNCC12C1CC3CC(C1)CC2C3. The van der Waals surface area contributed by atoms with Gasteiger partial charge in [-0.05, 0) is 55.8 Å². The van der Waals surface area contributed by atoms with Crippen LogP contribution in [-0.4, -0.2) is 36.0 Å². The standard InChI is InChI=1S/C16H24N2O/c1-2-3-18-15(19)9-17-10-16(18)13-5-11-4-12(7-13)8-14(16)6-11/h2,11-14,17H,1,3-10H2. The van der Waals surface area contributed by atoms with Gasteiger partial charge in [-0.25, -0.2) is 0 Å². The average Bonchev–Trinajstić information content (AvgIpc) is 2.38. The fraction of sp³-hybridized carbons (Fsp3) is 0.812. The highest BCUT2D eigenvalue weighted by Crippen LogP contribution is 2.60. The Hall–Kier alpha value is -0.830. The van der Waals surface area contributed by atoms with Crippen molar-refractivity contribution in [2.24, 2.45) is 23.7 Å². The summed E-state index contributed by atoms with van der Waals surface area (Å²) in [5, 5.41) is 3.42. The van der Waals surface area contributed by atoms with Crippen LogP contribution in [-0.2, 0) is 4.79 Å². The number of rotatable bonds is 2. The zero-order valence-electron chi connectivity index (χ0n) is 11.6. The lowest BCUT2D eigenvalue weighted by Gasteiger charge is -2.65. The predicted molar refractivity (Wildman–Crippen MR) is 74.6 cm³/mol. The van der Waals surface area contributed by atoms with Crippen molar-refractivity contribution < 1.29 is 4.79 Å². The molecular weight excluding hydrogens is 236 g/mol. The Morgan fingerprint density at radius 3 is 2.42 bits per heavy atom. The quantitative estimate of drug-likeness (QED) is 0.768. The summed E-state index contributed by atoms with van der Waals surface area (Å²) in [6, 6.07) is 0. The van der Waals surface area contributed by atoms with Crippen molar-refractivity contribution in [3.8, 4) is 0 Å². The molecule has 104 valence electrons. The molecule has 4 aliphatic carbocycles. The Bertz CT molecular complexity index is 389. The number of piperazine rings is 1. The molecule has 0 aromatic carbocycles. The van der Waals surface area contributed by atoms with Crippen LogP contribution in [0.1, 0.15) is 32.1 Å². The number of hydrogen-bond acceptors (Lipinski definition) is 2. The third-order valence-electron chi connectivity index (χ3n) is 6.35. The summed E-state index contributed by atoms with van der Waals surface area (Å²) in [7, 11) is 0. The van der Waals surface area contributed by atoms with Crippen molar-refractivity contribution in [1.82, 2.24) is 10.2 Å². The minimum Gasteiger partial charge on any atom is -0.330 e. The molecular formula is C16H24N2O. The first-order valence-electron chi connectivity index (χ1n) is 7.86. The molecule has 5 rings (SSSR count). The van der Waals surface area contributed by atoms with Crippen LogP contribution in [0.3, 0.4) is 0 Å². The summed E-state index contributed by atoms with van der Waals surface area (Å²) in [5.74, 6) is 3.67. The van der Waals surface area contributed by atoms with Crippen LogP contribution in [0, 0.1) is 23.7 Å². The van der Waals surface area contributed by atoms with Crippen LogP contribution in [0.5, 0.6) is 0 Å². The Labute approximate surface area is 115 Å². The van der Waals surface area contributed by atoms with E-state index in [0.717, 1.165) is 36.8 Å². The highest BCUT2D eigenvalue weighted by Gasteiger charge is 2.61. The van der Waals surface area contributed by atoms with Gasteiger partial charge in [0.25, 0.3) is 0 Å². The molecule has 1 amide bonds. The van der Waals surface area contributed by atoms with Gasteiger partial charge in [0, 0.05) is 13.1 Å². The molecule has 1 spiro atoms. The number of hydrogen-bond donors (Lipinski definition) is 1. The predicted octanol–water partition coefficient (Wildman–Crippen LogP) is 1.80. The molecule has 1 aliphatic heterocycles. The van der Waals surface area contributed by atoms with E-state index in [2.05, 4.69) is 16.8 Å². The summed E-state index contributed by atoms with van der Waals surface area (Å²) >= 11 is 0. The molecule has 0 atom stereocenters. The normalized spacial score (nSPS) is 48.0. The maximum atomic E-state index is 12.4. The van der Waals surface area contributed by atoms with E-state index >= 15 is 0 Å². The van der Waals surface area contributed by atoms with Crippen molar-refractivity contribution in [2.45, 2.75) is 37.6 Å². The first kappa shape index (κ1) is 12.0. The second-order valence-corrected chi connectivity index (χ2v) is 7.19. The lowest BCUT2D eigenvalue weighted by atomic mass is 9.47. The van der Waals surface area contributed by atoms with Crippen molar-refractivity contribution >= 4 is 5.91 Å². The van der Waals surface area contributed by atoms with Crippen molar-refractivity contribution in [1.29, 1.82) is 0 Å². The van der Waals surface area contributed by atoms with Gasteiger partial charge in [-0.3, -0.25) is 4.79 Å². The second-order valence-electron chi connectivity index (χ2n) is 7.19. The Morgan fingerprint density at radius 1 is 1.21 bits per heavy atom. The first-order valence-corrected chi connectivity index (χ1v) is 7.86. The molecule has 5 aliphatic rings. The van der Waals surface area contributed by atoms with Crippen molar-refractivity contribution in [3.63, 3.8) is 0 Å². The number of amides is 1. The van der Waals surface area contributed by atoms with Crippen molar-refractivity contribution in [3.05, 3.63) is 12.7 Å². The molecule has 4 saturated carbocycles. The molecule has 0 aromatic rings. The first-order chi connectivity index (χ1) is 9.24. The van der Waals surface area contributed by atoms with Gasteiger partial charge >= 0.3 is 0 Å². The third-order valence-corrected chi connectivity index (χ3v) is 6.35. The lowest BCUT2D eigenvalue weighted by Crippen LogP contribution is -2.74. The number of nitrogens with zero attached hydrogens (tertiary/aromatic N) is 1. The van der Waals surface area contributed by atoms with Gasteiger partial charge in [-0.2, -0.15) is 0 Å². The smallest absolute Gasteiger partial charge is 0.237 e. The zero-order chi connectivity index (χ0) is 13.0. The fourth-order valence-electron chi connectivity index (χ4n) is 5.92. The maximum Gasteiger partial charge on any atom is 0.237 e. The van der Waals surface area contributed by atoms with E-state index < -0.39 is 0 Å². The Balaban J connectivity index is 1.74. The largest absolute Gasteiger partial charge is 0.330 e. The van der Waals surface area contributed by atoms with Crippen LogP contribution in [0.4, 0.5) is 0 Å². The summed E-state index contributed by atoms with van der Waals surface area (Å²) in [5.41, 5.74) is 0.122. The molecule has 3 heteroatoms. The van der Waals surface area contributed by atoms with E-state index in [1.54, 1.807) is 0 Å². The zero-order valence-corrected chi connectivity index (χ0v) is 11.6. The molecule has 0 unspecified atom stereocenters. The van der Waals surface area contributed by atoms with Gasteiger partial charge < -0.3 is 10.2 Å². The maximum absolute atomic E-state index is 12.4. The van der Waals surface area contributed by atoms with Crippen LogP contribution in [0.25, 0.3) is 0 Å². The van der Waals surface area contributed by atoms with E-state index in [1.165, 1.54) is 32.1 Å². The molecule has 0 aromatic heterocycles. The van der Waals surface area contributed by atoms with Crippen LogP contribution < -0.4 is 5.32 Å². The van der Waals surface area contributed by atoms with Gasteiger partial charge in [-0.15, -0.1) is 6.58 Å². The van der Waals surface area contributed by atoms with Crippen LogP contribution in [0.2, 0.25) is 0 Å². The molecule has 1 heterocycles. The van der Waals surface area contributed by atoms with Crippen LogP contribution >= 0.6 is 0 Å². The van der Waals surface area contributed by atoms with Crippen molar-refractivity contribution in [2.75, 3.05) is 19.6 Å². The monoisotopic (exact) mass is 260 g/mol. The summed E-state index contributed by atoms with van der Waals surface area (Å²) in [6.07, 6.45) is 8.80. The minimum absolute atomic E-state index is 0.122. The summed E-state index contributed by atoms with van der Waals surface area (Å²) < 4.78 is 0. The molecule has 19 heavy (non-hydrogen) atoms. The minimum atomic E-state index is 0.122.